The number of ether oxygens (including phenoxy) is 1. The Morgan fingerprint density at radius 1 is 1.36 bits per heavy atom. The minimum Gasteiger partial charge on any atom is -0.508 e. The topological polar surface area (TPSA) is 70.9 Å². The highest BCUT2D eigenvalue weighted by Gasteiger charge is 2.03. The zero-order valence-corrected chi connectivity index (χ0v) is 12.7. The van der Waals surface area contributed by atoms with Gasteiger partial charge in [0.05, 0.1) is 6.21 Å². The lowest BCUT2D eigenvalue weighted by Crippen LogP contribution is -2.24. The molecule has 22 heavy (non-hydrogen) atoms. The fraction of sp³-hybridized carbons (Fsp3) is 0.125. The molecule has 0 atom stereocenters. The van der Waals surface area contributed by atoms with E-state index < -0.39 is 0 Å². The molecule has 2 aromatic carbocycles. The van der Waals surface area contributed by atoms with Crippen molar-refractivity contribution in [1.29, 1.82) is 0 Å². The van der Waals surface area contributed by atoms with Gasteiger partial charge in [0.2, 0.25) is 0 Å². The van der Waals surface area contributed by atoms with E-state index in [9.17, 15) is 9.90 Å². The molecule has 0 bridgehead atoms. The van der Waals surface area contributed by atoms with Gasteiger partial charge in [0.1, 0.15) is 11.5 Å². The quantitative estimate of drug-likeness (QED) is 0.658. The second-order valence-electron chi connectivity index (χ2n) is 4.59. The molecule has 0 aliphatic rings. The molecule has 2 rings (SSSR count). The summed E-state index contributed by atoms with van der Waals surface area (Å²) in [5.74, 6) is 0.315. The van der Waals surface area contributed by atoms with Gasteiger partial charge in [0.15, 0.2) is 6.61 Å². The maximum absolute atomic E-state index is 11.6. The van der Waals surface area contributed by atoms with Crippen molar-refractivity contribution in [1.82, 2.24) is 5.43 Å². The Morgan fingerprint density at radius 3 is 2.91 bits per heavy atom. The first-order valence-corrected chi connectivity index (χ1v) is 6.92. The molecule has 0 spiro atoms. The Labute approximate surface area is 133 Å². The smallest absolute Gasteiger partial charge is 0.277 e. The Bertz CT molecular complexity index is 702. The van der Waals surface area contributed by atoms with Crippen LogP contribution in [0, 0.1) is 6.92 Å². The lowest BCUT2D eigenvalue weighted by atomic mass is 10.2. The van der Waals surface area contributed by atoms with E-state index >= 15 is 0 Å². The molecular weight excluding hydrogens is 304 g/mol. The number of phenolic OH excluding ortho intramolecular Hbond substituents is 1. The number of aryl methyl sites for hydroxylation is 1. The number of hydrazone groups is 1. The number of carbonyl (C=O) groups excluding carboxylic acids is 1. The van der Waals surface area contributed by atoms with Crippen LogP contribution in [0.3, 0.4) is 0 Å². The number of carbonyl (C=O) groups is 1. The summed E-state index contributed by atoms with van der Waals surface area (Å²) in [6, 6.07) is 11.7. The molecule has 0 saturated carbocycles. The molecule has 114 valence electrons. The molecule has 5 nitrogen and oxygen atoms in total. The van der Waals surface area contributed by atoms with Crippen molar-refractivity contribution in [3.63, 3.8) is 0 Å². The van der Waals surface area contributed by atoms with Crippen molar-refractivity contribution in [2.24, 2.45) is 5.10 Å². The van der Waals surface area contributed by atoms with Gasteiger partial charge in [-0.05, 0) is 48.4 Å². The zero-order valence-electron chi connectivity index (χ0n) is 11.9. The van der Waals surface area contributed by atoms with Gasteiger partial charge >= 0.3 is 0 Å². The fourth-order valence-electron chi connectivity index (χ4n) is 1.67. The standard InChI is InChI=1S/C16H15ClN2O3/c1-11-7-14(5-6-15(11)17)22-10-16(21)19-18-9-12-3-2-4-13(20)8-12/h2-9,20H,10H2,1H3,(H,19,21)/b18-9-. The van der Waals surface area contributed by atoms with Gasteiger partial charge in [-0.3, -0.25) is 4.79 Å². The van der Waals surface area contributed by atoms with Gasteiger partial charge in [0, 0.05) is 5.02 Å². The predicted octanol–water partition coefficient (Wildman–Crippen LogP) is 2.88. The highest BCUT2D eigenvalue weighted by Crippen LogP contribution is 2.20. The van der Waals surface area contributed by atoms with E-state index in [1.165, 1.54) is 12.3 Å². The van der Waals surface area contributed by atoms with Crippen LogP contribution in [0.5, 0.6) is 11.5 Å². The summed E-state index contributed by atoms with van der Waals surface area (Å²) >= 11 is 5.91. The van der Waals surface area contributed by atoms with Crippen molar-refractivity contribution in [3.8, 4) is 11.5 Å². The van der Waals surface area contributed by atoms with Gasteiger partial charge in [-0.1, -0.05) is 23.7 Å². The second-order valence-corrected chi connectivity index (χ2v) is 5.00. The second kappa shape index (κ2) is 7.47. The molecule has 0 aliphatic carbocycles. The van der Waals surface area contributed by atoms with Crippen molar-refractivity contribution < 1.29 is 14.6 Å². The number of phenols is 1. The van der Waals surface area contributed by atoms with Gasteiger partial charge in [0.25, 0.3) is 5.91 Å². The van der Waals surface area contributed by atoms with Crippen molar-refractivity contribution in [2.45, 2.75) is 6.92 Å². The Hall–Kier alpha value is -2.53. The van der Waals surface area contributed by atoms with Crippen molar-refractivity contribution in [2.75, 3.05) is 6.61 Å². The number of rotatable bonds is 5. The first-order chi connectivity index (χ1) is 10.5. The van der Waals surface area contributed by atoms with E-state index in [4.69, 9.17) is 16.3 Å². The molecule has 2 N–H and O–H groups in total. The van der Waals surface area contributed by atoms with Crippen LogP contribution in [0.4, 0.5) is 0 Å². The van der Waals surface area contributed by atoms with Gasteiger partial charge < -0.3 is 9.84 Å². The van der Waals surface area contributed by atoms with Crippen LogP contribution in [0.1, 0.15) is 11.1 Å². The number of aromatic hydroxyl groups is 1. The zero-order chi connectivity index (χ0) is 15.9. The van der Waals surface area contributed by atoms with Crippen LogP contribution in [0.25, 0.3) is 0 Å². The molecule has 0 unspecified atom stereocenters. The van der Waals surface area contributed by atoms with E-state index in [1.807, 2.05) is 6.92 Å². The van der Waals surface area contributed by atoms with Crippen LogP contribution in [0.2, 0.25) is 5.02 Å². The minimum absolute atomic E-state index is 0.136. The third kappa shape index (κ3) is 4.79. The molecule has 6 heteroatoms. The Balaban J connectivity index is 1.81. The van der Waals surface area contributed by atoms with Crippen LogP contribution < -0.4 is 10.2 Å². The van der Waals surface area contributed by atoms with E-state index in [2.05, 4.69) is 10.5 Å². The molecular formula is C16H15ClN2O3. The van der Waals surface area contributed by atoms with Crippen LogP contribution in [-0.4, -0.2) is 23.8 Å². The SMILES string of the molecule is Cc1cc(OCC(=O)N/N=C\c2cccc(O)c2)ccc1Cl. The van der Waals surface area contributed by atoms with Gasteiger partial charge in [-0.2, -0.15) is 5.10 Å². The Morgan fingerprint density at radius 2 is 2.18 bits per heavy atom. The number of halogens is 1. The van der Waals surface area contributed by atoms with Crippen LogP contribution in [0.15, 0.2) is 47.6 Å². The summed E-state index contributed by atoms with van der Waals surface area (Å²) in [7, 11) is 0. The number of hydrogen-bond acceptors (Lipinski definition) is 4. The normalized spacial score (nSPS) is 10.6. The van der Waals surface area contributed by atoms with Gasteiger partial charge in [-0.25, -0.2) is 5.43 Å². The summed E-state index contributed by atoms with van der Waals surface area (Å²) in [6.07, 6.45) is 1.43. The van der Waals surface area contributed by atoms with E-state index in [0.717, 1.165) is 5.56 Å². The summed E-state index contributed by atoms with van der Waals surface area (Å²) in [4.78, 5) is 11.6. The van der Waals surface area contributed by atoms with Crippen LogP contribution in [-0.2, 0) is 4.79 Å². The average molecular weight is 319 g/mol. The minimum atomic E-state index is -0.385. The molecule has 0 aromatic heterocycles. The number of amides is 1. The molecule has 0 radical (unpaired) electrons. The monoisotopic (exact) mass is 318 g/mol. The summed E-state index contributed by atoms with van der Waals surface area (Å²) in [6.45, 7) is 1.70. The lowest BCUT2D eigenvalue weighted by molar-refractivity contribution is -0.123. The fourth-order valence-corrected chi connectivity index (χ4v) is 1.79. The summed E-state index contributed by atoms with van der Waals surface area (Å²) in [5.41, 5.74) is 3.90. The molecule has 0 saturated heterocycles. The van der Waals surface area contributed by atoms with E-state index in [0.29, 0.717) is 16.3 Å². The molecule has 0 aliphatic heterocycles. The molecule has 0 heterocycles. The highest BCUT2D eigenvalue weighted by molar-refractivity contribution is 6.31. The van der Waals surface area contributed by atoms with Gasteiger partial charge in [-0.15, -0.1) is 0 Å². The molecule has 2 aromatic rings. The summed E-state index contributed by atoms with van der Waals surface area (Å²) in [5, 5.41) is 13.7. The largest absolute Gasteiger partial charge is 0.508 e. The number of nitrogens with zero attached hydrogens (tertiary/aromatic N) is 1. The third-order valence-electron chi connectivity index (χ3n) is 2.77. The van der Waals surface area contributed by atoms with E-state index in [-0.39, 0.29) is 18.3 Å². The van der Waals surface area contributed by atoms with Crippen molar-refractivity contribution >= 4 is 23.7 Å². The first kappa shape index (κ1) is 15.9. The first-order valence-electron chi connectivity index (χ1n) is 6.54. The van der Waals surface area contributed by atoms with Crippen LogP contribution >= 0.6 is 11.6 Å². The highest BCUT2D eigenvalue weighted by atomic mass is 35.5. The third-order valence-corrected chi connectivity index (χ3v) is 3.20. The molecule has 1 amide bonds. The predicted molar refractivity (Wildman–Crippen MR) is 85.5 cm³/mol. The summed E-state index contributed by atoms with van der Waals surface area (Å²) < 4.78 is 5.34. The van der Waals surface area contributed by atoms with Crippen molar-refractivity contribution in [3.05, 3.63) is 58.6 Å². The number of benzene rings is 2. The average Bonchev–Trinajstić information content (AvgIpc) is 2.48. The number of nitrogens with one attached hydrogen (secondary N) is 1. The number of hydrogen-bond donors (Lipinski definition) is 2. The molecule has 0 fully saturated rings. The maximum atomic E-state index is 11.6. The van der Waals surface area contributed by atoms with E-state index in [1.54, 1.807) is 36.4 Å². The lowest BCUT2D eigenvalue weighted by Gasteiger charge is -2.06. The maximum Gasteiger partial charge on any atom is 0.277 e. The Kier molecular flexibility index (Phi) is 5.38.